The van der Waals surface area contributed by atoms with Gasteiger partial charge < -0.3 is 10.1 Å². The van der Waals surface area contributed by atoms with Gasteiger partial charge in [0.25, 0.3) is 10.1 Å². The van der Waals surface area contributed by atoms with E-state index >= 15 is 0 Å². The predicted octanol–water partition coefficient (Wildman–Crippen LogP) is 10.3. The van der Waals surface area contributed by atoms with Gasteiger partial charge in [-0.25, -0.2) is 0 Å². The summed E-state index contributed by atoms with van der Waals surface area (Å²) < 4.78 is 37.0. The Hall–Kier alpha value is -2.19. The molecular weight excluding hydrogens is 671 g/mol. The van der Waals surface area contributed by atoms with Crippen LogP contribution in [0.5, 0.6) is 0 Å². The molecule has 0 aromatic heterocycles. The Morgan fingerprint density at radius 3 is 2.17 bits per heavy atom. The molecule has 0 aromatic rings. The summed E-state index contributed by atoms with van der Waals surface area (Å²) in [6.07, 6.45) is 37.3. The van der Waals surface area contributed by atoms with Gasteiger partial charge in [0.15, 0.2) is 0 Å². The SMILES string of the molecule is CC/C=C\C/C=C\C/C=C\C/C=C\CCCCC(=O)OC1CCC2(C)C(CCC3C2CCC2(C)C(C(C)CCC(=O)NCCS(=O)(=O)O)CCC32)C1. The van der Waals surface area contributed by atoms with Crippen molar-refractivity contribution in [3.63, 3.8) is 0 Å². The third-order valence-electron chi connectivity index (χ3n) is 13.9. The highest BCUT2D eigenvalue weighted by molar-refractivity contribution is 7.85. The lowest BCUT2D eigenvalue weighted by Crippen LogP contribution is -2.54. The third-order valence-corrected chi connectivity index (χ3v) is 14.6. The number of fused-ring (bicyclic) bond motifs is 5. The van der Waals surface area contributed by atoms with Gasteiger partial charge in [0.05, 0.1) is 5.75 Å². The molecule has 0 saturated heterocycles. The van der Waals surface area contributed by atoms with E-state index in [0.717, 1.165) is 82.0 Å². The fraction of sp³-hybridized carbons (Fsp3) is 0.773. The lowest BCUT2D eigenvalue weighted by atomic mass is 9.44. The standard InChI is InChI=1S/C44H71NO6S/c1-5-6-7-8-9-10-11-12-13-14-15-16-17-18-19-20-42(47)51-36-27-29-43(3)35(33-36)22-23-37-39-25-24-38(44(39,4)30-28-40(37)43)34(2)21-26-41(46)45-31-32-52(48,49)50/h6-7,9-10,12-13,15-16,34-40H,5,8,11,14,17-33H2,1-4H3,(H,45,46)(H,48,49,50)/b7-6-,10-9-,13-12-,16-15-. The van der Waals surface area contributed by atoms with Crippen molar-refractivity contribution in [2.24, 2.45) is 46.3 Å². The molecule has 0 heterocycles. The molecule has 4 rings (SSSR count). The average molecular weight is 742 g/mol. The summed E-state index contributed by atoms with van der Waals surface area (Å²) >= 11 is 0. The molecule has 4 aliphatic rings. The number of allylic oxidation sites excluding steroid dienone is 8. The molecule has 52 heavy (non-hydrogen) atoms. The normalized spacial score (nSPS) is 32.6. The molecular formula is C44H71NO6S. The maximum Gasteiger partial charge on any atom is 0.306 e. The Morgan fingerprint density at radius 1 is 0.827 bits per heavy atom. The maximum absolute atomic E-state index is 12.8. The van der Waals surface area contributed by atoms with Crippen LogP contribution in [0.1, 0.15) is 150 Å². The zero-order valence-corrected chi connectivity index (χ0v) is 33.7. The Kier molecular flexibility index (Phi) is 16.8. The summed E-state index contributed by atoms with van der Waals surface area (Å²) in [6, 6.07) is 0. The second kappa shape index (κ2) is 20.5. The summed E-state index contributed by atoms with van der Waals surface area (Å²) in [5, 5.41) is 2.65. The fourth-order valence-corrected chi connectivity index (χ4v) is 11.5. The minimum absolute atomic E-state index is 0.0115. The highest BCUT2D eigenvalue weighted by Gasteiger charge is 2.60. The van der Waals surface area contributed by atoms with Gasteiger partial charge in [-0.2, -0.15) is 8.42 Å². The van der Waals surface area contributed by atoms with E-state index in [1.165, 1.54) is 44.9 Å². The predicted molar refractivity (Wildman–Crippen MR) is 212 cm³/mol. The molecule has 4 aliphatic carbocycles. The molecule has 2 N–H and O–H groups in total. The lowest BCUT2D eigenvalue weighted by molar-refractivity contribution is -0.162. The van der Waals surface area contributed by atoms with Crippen molar-refractivity contribution in [2.45, 2.75) is 156 Å². The molecule has 294 valence electrons. The van der Waals surface area contributed by atoms with E-state index in [4.69, 9.17) is 9.29 Å². The van der Waals surface area contributed by atoms with Gasteiger partial charge in [0.2, 0.25) is 5.91 Å². The number of esters is 1. The first kappa shape index (κ1) is 42.6. The van der Waals surface area contributed by atoms with Crippen LogP contribution in [0.4, 0.5) is 0 Å². The highest BCUT2D eigenvalue weighted by Crippen LogP contribution is 2.68. The van der Waals surface area contributed by atoms with Crippen LogP contribution in [-0.4, -0.2) is 43.2 Å². The van der Waals surface area contributed by atoms with Crippen LogP contribution in [0.2, 0.25) is 0 Å². The molecule has 0 aliphatic heterocycles. The van der Waals surface area contributed by atoms with Crippen LogP contribution in [0.3, 0.4) is 0 Å². The molecule has 4 saturated carbocycles. The van der Waals surface area contributed by atoms with E-state index in [0.29, 0.717) is 41.4 Å². The van der Waals surface area contributed by atoms with Crippen LogP contribution >= 0.6 is 0 Å². The summed E-state index contributed by atoms with van der Waals surface area (Å²) in [6.45, 7) is 9.53. The zero-order valence-electron chi connectivity index (χ0n) is 32.9. The van der Waals surface area contributed by atoms with E-state index in [9.17, 15) is 18.0 Å². The monoisotopic (exact) mass is 742 g/mol. The minimum atomic E-state index is -4.07. The number of hydrogen-bond acceptors (Lipinski definition) is 5. The van der Waals surface area contributed by atoms with E-state index in [1.54, 1.807) is 0 Å². The van der Waals surface area contributed by atoms with E-state index in [1.807, 2.05) is 0 Å². The summed E-state index contributed by atoms with van der Waals surface area (Å²) in [7, 11) is -4.07. The van der Waals surface area contributed by atoms with Gasteiger partial charge >= 0.3 is 5.97 Å². The summed E-state index contributed by atoms with van der Waals surface area (Å²) in [4.78, 5) is 25.2. The van der Waals surface area contributed by atoms with Crippen molar-refractivity contribution in [1.29, 1.82) is 0 Å². The molecule has 0 aromatic carbocycles. The van der Waals surface area contributed by atoms with E-state index in [-0.39, 0.29) is 24.5 Å². The third kappa shape index (κ3) is 12.2. The molecule has 1 amide bonds. The first-order valence-corrected chi connectivity index (χ1v) is 22.5. The van der Waals surface area contributed by atoms with E-state index in [2.05, 4.69) is 81.6 Å². The molecule has 0 bridgehead atoms. The smallest absolute Gasteiger partial charge is 0.306 e. The van der Waals surface area contributed by atoms with Crippen LogP contribution in [0, 0.1) is 46.3 Å². The van der Waals surface area contributed by atoms with Gasteiger partial charge in [-0.3, -0.25) is 14.1 Å². The van der Waals surface area contributed by atoms with Crippen molar-refractivity contribution in [3.8, 4) is 0 Å². The van der Waals surface area contributed by atoms with Gasteiger partial charge in [-0.1, -0.05) is 76.3 Å². The Balaban J connectivity index is 1.14. The van der Waals surface area contributed by atoms with Crippen molar-refractivity contribution in [1.82, 2.24) is 5.32 Å². The number of ether oxygens (including phenoxy) is 1. The number of unbranched alkanes of at least 4 members (excludes halogenated alkanes) is 2. The topological polar surface area (TPSA) is 110 Å². The number of rotatable bonds is 20. The number of carbonyl (C=O) groups excluding carboxylic acids is 2. The first-order valence-electron chi connectivity index (χ1n) is 20.9. The highest BCUT2D eigenvalue weighted by atomic mass is 32.2. The molecule has 9 atom stereocenters. The molecule has 4 fully saturated rings. The Bertz CT molecular complexity index is 1370. The number of amides is 1. The Labute approximate surface area is 316 Å². The molecule has 8 heteroatoms. The van der Waals surface area contributed by atoms with Crippen LogP contribution < -0.4 is 5.32 Å². The molecule has 0 spiro atoms. The summed E-state index contributed by atoms with van der Waals surface area (Å²) in [5.74, 6) is 3.36. The quantitative estimate of drug-likeness (QED) is 0.0556. The second-order valence-electron chi connectivity index (χ2n) is 17.2. The number of nitrogens with one attached hydrogen (secondary N) is 1. The molecule has 0 radical (unpaired) electrons. The van der Waals surface area contributed by atoms with Gasteiger partial charge in [-0.15, -0.1) is 0 Å². The van der Waals surface area contributed by atoms with Crippen LogP contribution in [0.25, 0.3) is 0 Å². The van der Waals surface area contributed by atoms with Crippen molar-refractivity contribution in [3.05, 3.63) is 48.6 Å². The van der Waals surface area contributed by atoms with Crippen LogP contribution in [-0.2, 0) is 24.4 Å². The first-order chi connectivity index (χ1) is 24.9. The minimum Gasteiger partial charge on any atom is -0.462 e. The van der Waals surface area contributed by atoms with E-state index < -0.39 is 15.9 Å². The fourth-order valence-electron chi connectivity index (χ4n) is 11.1. The largest absolute Gasteiger partial charge is 0.462 e. The van der Waals surface area contributed by atoms with Gasteiger partial charge in [0, 0.05) is 19.4 Å². The maximum atomic E-state index is 12.8. The number of carbonyl (C=O) groups is 2. The average Bonchev–Trinajstić information content (AvgIpc) is 3.46. The zero-order chi connectivity index (χ0) is 37.6. The van der Waals surface area contributed by atoms with Crippen LogP contribution in [0.15, 0.2) is 48.6 Å². The lowest BCUT2D eigenvalue weighted by Gasteiger charge is -2.61. The van der Waals surface area contributed by atoms with Gasteiger partial charge in [0.1, 0.15) is 6.10 Å². The Morgan fingerprint density at radius 2 is 1.48 bits per heavy atom. The van der Waals surface area contributed by atoms with Gasteiger partial charge in [-0.05, 0) is 155 Å². The molecule has 9 unspecified atom stereocenters. The van der Waals surface area contributed by atoms with Crippen molar-refractivity contribution in [2.75, 3.05) is 12.3 Å². The molecule has 7 nitrogen and oxygen atoms in total. The van der Waals surface area contributed by atoms with Crippen molar-refractivity contribution >= 4 is 22.0 Å². The number of hydrogen-bond donors (Lipinski definition) is 2. The summed E-state index contributed by atoms with van der Waals surface area (Å²) in [5.41, 5.74) is 0.648. The van der Waals surface area contributed by atoms with Crippen molar-refractivity contribution < 1.29 is 27.3 Å². The second-order valence-corrected chi connectivity index (χ2v) is 18.7.